The van der Waals surface area contributed by atoms with E-state index in [0.717, 1.165) is 11.1 Å². The molecule has 4 heteroatoms. The average molecular weight is 279 g/mol. The van der Waals surface area contributed by atoms with Gasteiger partial charge in [0.15, 0.2) is 11.5 Å². The lowest BCUT2D eigenvalue weighted by atomic mass is 10.2. The maximum absolute atomic E-state index is 9.13. The van der Waals surface area contributed by atoms with Gasteiger partial charge in [-0.3, -0.25) is 0 Å². The van der Waals surface area contributed by atoms with Crippen molar-refractivity contribution in [3.05, 3.63) is 58.6 Å². The molecule has 0 aromatic heterocycles. The van der Waals surface area contributed by atoms with Gasteiger partial charge in [0.2, 0.25) is 0 Å². The van der Waals surface area contributed by atoms with E-state index < -0.39 is 0 Å². The number of methoxy groups -OCH3 is 1. The second-order valence-electron chi connectivity index (χ2n) is 4.06. The van der Waals surface area contributed by atoms with E-state index in [9.17, 15) is 0 Å². The molecule has 2 aromatic rings. The molecule has 0 unspecified atom stereocenters. The Labute approximate surface area is 117 Å². The number of hydrogen-bond acceptors (Lipinski definition) is 3. The van der Waals surface area contributed by atoms with E-state index in [0.29, 0.717) is 23.1 Å². The van der Waals surface area contributed by atoms with Crippen LogP contribution >= 0.6 is 11.6 Å². The van der Waals surface area contributed by atoms with E-state index >= 15 is 0 Å². The molecule has 2 rings (SSSR count). The Hall–Kier alpha value is -1.71. The maximum atomic E-state index is 9.13. The van der Waals surface area contributed by atoms with Crippen molar-refractivity contribution in [2.75, 3.05) is 7.11 Å². The van der Waals surface area contributed by atoms with Gasteiger partial charge in [0.25, 0.3) is 0 Å². The van der Waals surface area contributed by atoms with E-state index in [1.54, 1.807) is 25.3 Å². The Kier molecular flexibility index (Phi) is 4.66. The third-order valence-electron chi connectivity index (χ3n) is 2.72. The van der Waals surface area contributed by atoms with Crippen molar-refractivity contribution >= 4 is 11.6 Å². The normalized spacial score (nSPS) is 10.3. The number of aliphatic hydroxyl groups excluding tert-OH is 1. The Morgan fingerprint density at radius 3 is 2.32 bits per heavy atom. The van der Waals surface area contributed by atoms with Crippen LogP contribution in [-0.4, -0.2) is 12.2 Å². The molecule has 0 aliphatic heterocycles. The maximum Gasteiger partial charge on any atom is 0.162 e. The van der Waals surface area contributed by atoms with Crippen LogP contribution < -0.4 is 9.47 Å². The van der Waals surface area contributed by atoms with Crippen molar-refractivity contribution < 1.29 is 14.6 Å². The van der Waals surface area contributed by atoms with Gasteiger partial charge in [0.1, 0.15) is 6.61 Å². The standard InChI is InChI=1S/C15H15ClO3/c1-18-14-7-4-12(9-17)8-15(14)19-10-11-2-5-13(16)6-3-11/h2-8,17H,9-10H2,1H3. The molecule has 0 saturated heterocycles. The molecule has 0 bridgehead atoms. The van der Waals surface area contributed by atoms with Gasteiger partial charge in [-0.2, -0.15) is 0 Å². The van der Waals surface area contributed by atoms with E-state index in [4.69, 9.17) is 26.2 Å². The summed E-state index contributed by atoms with van der Waals surface area (Å²) < 4.78 is 10.9. The van der Waals surface area contributed by atoms with Gasteiger partial charge >= 0.3 is 0 Å². The van der Waals surface area contributed by atoms with Crippen LogP contribution in [0.4, 0.5) is 0 Å². The van der Waals surface area contributed by atoms with Gasteiger partial charge in [0, 0.05) is 5.02 Å². The third-order valence-corrected chi connectivity index (χ3v) is 2.97. The van der Waals surface area contributed by atoms with Crippen molar-refractivity contribution in [3.8, 4) is 11.5 Å². The van der Waals surface area contributed by atoms with Gasteiger partial charge in [-0.05, 0) is 35.4 Å². The SMILES string of the molecule is COc1ccc(CO)cc1OCc1ccc(Cl)cc1. The van der Waals surface area contributed by atoms with E-state index in [1.807, 2.05) is 24.3 Å². The molecule has 0 aliphatic carbocycles. The summed E-state index contributed by atoms with van der Waals surface area (Å²) in [6.45, 7) is 0.393. The quantitative estimate of drug-likeness (QED) is 0.911. The van der Waals surface area contributed by atoms with Gasteiger partial charge < -0.3 is 14.6 Å². The molecule has 3 nitrogen and oxygen atoms in total. The van der Waals surface area contributed by atoms with Crippen molar-refractivity contribution in [2.45, 2.75) is 13.2 Å². The van der Waals surface area contributed by atoms with Crippen LogP contribution in [0.1, 0.15) is 11.1 Å². The van der Waals surface area contributed by atoms with Crippen molar-refractivity contribution in [3.63, 3.8) is 0 Å². The predicted molar refractivity (Wildman–Crippen MR) is 74.7 cm³/mol. The van der Waals surface area contributed by atoms with Crippen LogP contribution in [0, 0.1) is 0 Å². The highest BCUT2D eigenvalue weighted by atomic mass is 35.5. The summed E-state index contributed by atoms with van der Waals surface area (Å²) in [6.07, 6.45) is 0. The molecular formula is C15H15ClO3. The summed E-state index contributed by atoms with van der Waals surface area (Å²) in [7, 11) is 1.59. The van der Waals surface area contributed by atoms with Crippen LogP contribution in [0.15, 0.2) is 42.5 Å². The number of halogens is 1. The van der Waals surface area contributed by atoms with Crippen LogP contribution in [0.25, 0.3) is 0 Å². The van der Waals surface area contributed by atoms with Crippen LogP contribution in [0.3, 0.4) is 0 Å². The molecule has 0 amide bonds. The second kappa shape index (κ2) is 6.45. The summed E-state index contributed by atoms with van der Waals surface area (Å²) in [4.78, 5) is 0. The van der Waals surface area contributed by atoms with Crippen molar-refractivity contribution in [2.24, 2.45) is 0 Å². The fourth-order valence-corrected chi connectivity index (χ4v) is 1.80. The third kappa shape index (κ3) is 3.63. The molecule has 19 heavy (non-hydrogen) atoms. The number of benzene rings is 2. The molecule has 0 heterocycles. The van der Waals surface area contributed by atoms with Gasteiger partial charge in [0.05, 0.1) is 13.7 Å². The molecule has 0 radical (unpaired) electrons. The Balaban J connectivity index is 2.11. The molecule has 0 aliphatic rings. The Morgan fingerprint density at radius 2 is 1.68 bits per heavy atom. The first-order valence-corrected chi connectivity index (χ1v) is 6.25. The molecule has 100 valence electrons. The van der Waals surface area contributed by atoms with Gasteiger partial charge in [-0.1, -0.05) is 29.8 Å². The number of rotatable bonds is 5. The zero-order valence-electron chi connectivity index (χ0n) is 10.6. The van der Waals surface area contributed by atoms with Crippen LogP contribution in [-0.2, 0) is 13.2 Å². The van der Waals surface area contributed by atoms with Crippen molar-refractivity contribution in [1.82, 2.24) is 0 Å². The minimum atomic E-state index is -0.0265. The largest absolute Gasteiger partial charge is 0.493 e. The van der Waals surface area contributed by atoms with Crippen LogP contribution in [0.2, 0.25) is 5.02 Å². The first-order chi connectivity index (χ1) is 9.22. The number of ether oxygens (including phenoxy) is 2. The summed E-state index contributed by atoms with van der Waals surface area (Å²) in [5, 5.41) is 9.83. The predicted octanol–water partition coefficient (Wildman–Crippen LogP) is 3.42. The fourth-order valence-electron chi connectivity index (χ4n) is 1.67. The summed E-state index contributed by atoms with van der Waals surface area (Å²) in [6, 6.07) is 12.8. The molecular weight excluding hydrogens is 264 g/mol. The lowest BCUT2D eigenvalue weighted by Gasteiger charge is -2.12. The molecule has 1 N–H and O–H groups in total. The summed E-state index contributed by atoms with van der Waals surface area (Å²) in [5.41, 5.74) is 1.80. The van der Waals surface area contributed by atoms with Crippen LogP contribution in [0.5, 0.6) is 11.5 Å². The first-order valence-electron chi connectivity index (χ1n) is 5.88. The van der Waals surface area contributed by atoms with E-state index in [1.165, 1.54) is 0 Å². The molecule has 0 atom stereocenters. The lowest BCUT2D eigenvalue weighted by molar-refractivity contribution is 0.271. The van der Waals surface area contributed by atoms with E-state index in [-0.39, 0.29) is 6.61 Å². The Bertz CT molecular complexity index is 538. The molecule has 0 saturated carbocycles. The van der Waals surface area contributed by atoms with Crippen molar-refractivity contribution in [1.29, 1.82) is 0 Å². The highest BCUT2D eigenvalue weighted by Gasteiger charge is 2.06. The minimum absolute atomic E-state index is 0.0265. The smallest absolute Gasteiger partial charge is 0.162 e. The first kappa shape index (κ1) is 13.7. The summed E-state index contributed by atoms with van der Waals surface area (Å²) >= 11 is 5.83. The number of hydrogen-bond donors (Lipinski definition) is 1. The topological polar surface area (TPSA) is 38.7 Å². The van der Waals surface area contributed by atoms with Gasteiger partial charge in [-0.15, -0.1) is 0 Å². The monoisotopic (exact) mass is 278 g/mol. The zero-order chi connectivity index (χ0) is 13.7. The summed E-state index contributed by atoms with van der Waals surface area (Å²) in [5.74, 6) is 1.26. The molecule has 2 aromatic carbocycles. The fraction of sp³-hybridized carbons (Fsp3) is 0.200. The highest BCUT2D eigenvalue weighted by molar-refractivity contribution is 6.30. The number of aliphatic hydroxyl groups is 1. The average Bonchev–Trinajstić information content (AvgIpc) is 2.46. The zero-order valence-corrected chi connectivity index (χ0v) is 11.4. The molecule has 0 fully saturated rings. The highest BCUT2D eigenvalue weighted by Crippen LogP contribution is 2.29. The van der Waals surface area contributed by atoms with E-state index in [2.05, 4.69) is 0 Å². The second-order valence-corrected chi connectivity index (χ2v) is 4.49. The van der Waals surface area contributed by atoms with Gasteiger partial charge in [-0.25, -0.2) is 0 Å². The minimum Gasteiger partial charge on any atom is -0.493 e. The molecule has 0 spiro atoms. The lowest BCUT2D eigenvalue weighted by Crippen LogP contribution is -1.98. The Morgan fingerprint density at radius 1 is 1.00 bits per heavy atom.